The monoisotopic (exact) mass is 418 g/mol. The fraction of sp³-hybridized carbons (Fsp3) is 0.333. The van der Waals surface area contributed by atoms with E-state index in [1.165, 1.54) is 5.57 Å². The molecule has 0 radical (unpaired) electrons. The van der Waals surface area contributed by atoms with Gasteiger partial charge in [-0.25, -0.2) is 4.79 Å². The number of alkyl carbamates (subject to hydrolysis) is 1. The Morgan fingerprint density at radius 1 is 1.10 bits per heavy atom. The molecule has 0 saturated heterocycles. The zero-order chi connectivity index (χ0) is 21.2. The standard InChI is InChI=1S/C24H26N4O3/c1-28-8-5-17(6-9-28)18-11-16-12-19(13-18)23-21-14-20(3-4-22(21)26-27-23)30-10-2-7-25-24(29)31-15-16/h3-5,11-14H,2,6-10,15H2,1H3,(H,25,29)(H,26,27). The quantitative estimate of drug-likeness (QED) is 0.625. The Hall–Kier alpha value is -3.32. The van der Waals surface area contributed by atoms with Crippen LogP contribution < -0.4 is 10.1 Å². The third-order valence-corrected chi connectivity index (χ3v) is 5.81. The Bertz CT molecular complexity index is 1150. The summed E-state index contributed by atoms with van der Waals surface area (Å²) in [6, 6.07) is 12.3. The lowest BCUT2D eigenvalue weighted by atomic mass is 9.94. The van der Waals surface area contributed by atoms with Crippen molar-refractivity contribution in [3.8, 4) is 17.0 Å². The van der Waals surface area contributed by atoms with Gasteiger partial charge in [-0.1, -0.05) is 6.08 Å². The number of amides is 1. The van der Waals surface area contributed by atoms with Crippen molar-refractivity contribution in [1.29, 1.82) is 0 Å². The number of carbonyl (C=O) groups excluding carboxylic acids is 1. The number of fused-ring (bicyclic) bond motifs is 4. The van der Waals surface area contributed by atoms with Crippen LogP contribution in [0.4, 0.5) is 4.79 Å². The second-order valence-electron chi connectivity index (χ2n) is 8.14. The molecule has 0 aliphatic carbocycles. The SMILES string of the molecule is CN1CC=C(c2cc3cc(c2)-c2n[nH]c4ccc(cc24)OCCCNC(=O)OC3)CC1. The van der Waals surface area contributed by atoms with Crippen LogP contribution in [0.3, 0.4) is 0 Å². The summed E-state index contributed by atoms with van der Waals surface area (Å²) in [5.41, 5.74) is 6.24. The van der Waals surface area contributed by atoms with Crippen molar-refractivity contribution >= 4 is 22.6 Å². The van der Waals surface area contributed by atoms with E-state index in [2.05, 4.69) is 51.7 Å². The van der Waals surface area contributed by atoms with Crippen molar-refractivity contribution in [2.75, 3.05) is 33.3 Å². The van der Waals surface area contributed by atoms with E-state index in [0.717, 1.165) is 58.5 Å². The van der Waals surface area contributed by atoms with E-state index in [1.807, 2.05) is 18.2 Å². The van der Waals surface area contributed by atoms with Crippen molar-refractivity contribution in [2.45, 2.75) is 19.4 Å². The molecule has 3 heterocycles. The molecule has 2 N–H and O–H groups in total. The fourth-order valence-electron chi connectivity index (χ4n) is 4.09. The molecule has 0 spiro atoms. The van der Waals surface area contributed by atoms with Crippen LogP contribution in [-0.4, -0.2) is 54.5 Å². The van der Waals surface area contributed by atoms with Crippen LogP contribution >= 0.6 is 0 Å². The molecule has 0 fully saturated rings. The lowest BCUT2D eigenvalue weighted by Crippen LogP contribution is -2.26. The van der Waals surface area contributed by atoms with Gasteiger partial charge >= 0.3 is 6.09 Å². The molecule has 160 valence electrons. The topological polar surface area (TPSA) is 79.5 Å². The van der Waals surface area contributed by atoms with E-state index < -0.39 is 6.09 Å². The first-order valence-corrected chi connectivity index (χ1v) is 10.7. The van der Waals surface area contributed by atoms with Gasteiger partial charge in [-0.15, -0.1) is 0 Å². The highest BCUT2D eigenvalue weighted by molar-refractivity contribution is 5.94. The first-order chi connectivity index (χ1) is 15.2. The van der Waals surface area contributed by atoms with Crippen LogP contribution in [0.25, 0.3) is 27.7 Å². The van der Waals surface area contributed by atoms with Gasteiger partial charge in [-0.3, -0.25) is 5.10 Å². The minimum atomic E-state index is -0.414. The summed E-state index contributed by atoms with van der Waals surface area (Å²) in [5, 5.41) is 11.5. The summed E-state index contributed by atoms with van der Waals surface area (Å²) < 4.78 is 11.4. The van der Waals surface area contributed by atoms with E-state index in [1.54, 1.807) is 0 Å². The Morgan fingerprint density at radius 2 is 2.00 bits per heavy atom. The molecular formula is C24H26N4O3. The Morgan fingerprint density at radius 3 is 2.87 bits per heavy atom. The zero-order valence-electron chi connectivity index (χ0n) is 17.6. The highest BCUT2D eigenvalue weighted by Crippen LogP contribution is 2.33. The van der Waals surface area contributed by atoms with Crippen molar-refractivity contribution in [3.05, 3.63) is 53.6 Å². The number of likely N-dealkylation sites (N-methyl/N-ethyl adjacent to an activating group) is 1. The number of aromatic amines is 1. The summed E-state index contributed by atoms with van der Waals surface area (Å²) >= 11 is 0. The summed E-state index contributed by atoms with van der Waals surface area (Å²) in [6.07, 6.45) is 3.55. The summed E-state index contributed by atoms with van der Waals surface area (Å²) in [7, 11) is 2.13. The third-order valence-electron chi connectivity index (χ3n) is 5.81. The van der Waals surface area contributed by atoms with Crippen LogP contribution in [-0.2, 0) is 11.3 Å². The van der Waals surface area contributed by atoms with Gasteiger partial charge in [0.25, 0.3) is 0 Å². The number of ether oxygens (including phenoxy) is 2. The number of hydrogen-bond donors (Lipinski definition) is 2. The van der Waals surface area contributed by atoms with E-state index in [0.29, 0.717) is 19.6 Å². The Labute approximate surface area is 181 Å². The second kappa shape index (κ2) is 8.43. The predicted octanol–water partition coefficient (Wildman–Crippen LogP) is 3.96. The van der Waals surface area contributed by atoms with Gasteiger partial charge in [0.1, 0.15) is 18.1 Å². The molecule has 1 aromatic heterocycles. The van der Waals surface area contributed by atoms with Gasteiger partial charge in [-0.05, 0) is 73.0 Å². The number of rotatable bonds is 1. The van der Waals surface area contributed by atoms with E-state index in [9.17, 15) is 4.79 Å². The largest absolute Gasteiger partial charge is 0.494 e. The molecule has 5 rings (SSSR count). The summed E-state index contributed by atoms with van der Waals surface area (Å²) in [6.45, 7) is 3.18. The molecule has 2 aromatic carbocycles. The lowest BCUT2D eigenvalue weighted by molar-refractivity contribution is 0.139. The maximum Gasteiger partial charge on any atom is 0.407 e. The van der Waals surface area contributed by atoms with Gasteiger partial charge in [0.2, 0.25) is 0 Å². The number of nitrogens with zero attached hydrogens (tertiary/aromatic N) is 2. The molecule has 0 saturated carbocycles. The predicted molar refractivity (Wildman–Crippen MR) is 120 cm³/mol. The summed E-state index contributed by atoms with van der Waals surface area (Å²) in [4.78, 5) is 14.4. The molecule has 31 heavy (non-hydrogen) atoms. The molecule has 7 nitrogen and oxygen atoms in total. The van der Waals surface area contributed by atoms with Gasteiger partial charge in [0, 0.05) is 30.6 Å². The average Bonchev–Trinajstić information content (AvgIpc) is 3.20. The molecule has 2 aliphatic heterocycles. The molecule has 0 atom stereocenters. The average molecular weight is 418 g/mol. The van der Waals surface area contributed by atoms with Crippen LogP contribution in [0.1, 0.15) is 24.0 Å². The van der Waals surface area contributed by atoms with Gasteiger partial charge < -0.3 is 19.7 Å². The van der Waals surface area contributed by atoms with Gasteiger partial charge in [-0.2, -0.15) is 5.10 Å². The van der Waals surface area contributed by atoms with Gasteiger partial charge in [0.05, 0.1) is 12.1 Å². The molecule has 7 heteroatoms. The van der Waals surface area contributed by atoms with E-state index in [-0.39, 0.29) is 6.61 Å². The fourth-order valence-corrected chi connectivity index (χ4v) is 4.09. The lowest BCUT2D eigenvalue weighted by Gasteiger charge is -2.22. The molecule has 2 aliphatic rings. The zero-order valence-corrected chi connectivity index (χ0v) is 17.6. The third kappa shape index (κ3) is 4.27. The number of cyclic esters (lactones) is 1. The molecular weight excluding hydrogens is 392 g/mol. The smallest absolute Gasteiger partial charge is 0.407 e. The number of aromatic nitrogens is 2. The first-order valence-electron chi connectivity index (χ1n) is 10.7. The molecule has 0 unspecified atom stereocenters. The maximum atomic E-state index is 12.1. The highest BCUT2D eigenvalue weighted by atomic mass is 16.5. The first kappa shape index (κ1) is 19.6. The normalized spacial score (nSPS) is 17.8. The number of benzene rings is 2. The molecule has 3 aromatic rings. The van der Waals surface area contributed by atoms with Gasteiger partial charge in [0.15, 0.2) is 0 Å². The number of nitrogens with one attached hydrogen (secondary N) is 2. The number of carbonyl (C=O) groups is 1. The van der Waals surface area contributed by atoms with E-state index >= 15 is 0 Å². The van der Waals surface area contributed by atoms with Crippen LogP contribution in [0.2, 0.25) is 0 Å². The second-order valence-corrected chi connectivity index (χ2v) is 8.14. The Kier molecular flexibility index (Phi) is 5.34. The van der Waals surface area contributed by atoms with Crippen molar-refractivity contribution in [1.82, 2.24) is 20.4 Å². The Balaban J connectivity index is 1.61. The van der Waals surface area contributed by atoms with Crippen LogP contribution in [0, 0.1) is 0 Å². The van der Waals surface area contributed by atoms with Crippen molar-refractivity contribution in [2.24, 2.45) is 0 Å². The summed E-state index contributed by atoms with van der Waals surface area (Å²) in [5.74, 6) is 0.794. The van der Waals surface area contributed by atoms with Crippen LogP contribution in [0.5, 0.6) is 5.75 Å². The molecule has 1 amide bonds. The number of hydrogen-bond acceptors (Lipinski definition) is 5. The van der Waals surface area contributed by atoms with Crippen molar-refractivity contribution < 1.29 is 14.3 Å². The minimum Gasteiger partial charge on any atom is -0.494 e. The highest BCUT2D eigenvalue weighted by Gasteiger charge is 2.16. The number of H-pyrrole nitrogens is 1. The molecule has 4 bridgehead atoms. The van der Waals surface area contributed by atoms with Crippen LogP contribution in [0.15, 0.2) is 42.5 Å². The minimum absolute atomic E-state index is 0.212. The van der Waals surface area contributed by atoms with E-state index in [4.69, 9.17) is 9.47 Å². The maximum absolute atomic E-state index is 12.1. The van der Waals surface area contributed by atoms with Crippen molar-refractivity contribution in [3.63, 3.8) is 0 Å².